The molecule has 0 aliphatic carbocycles. The lowest BCUT2D eigenvalue weighted by atomic mass is 10.1. The van der Waals surface area contributed by atoms with Crippen molar-refractivity contribution >= 4 is 0 Å². The molecule has 0 saturated heterocycles. The number of nitrogens with two attached hydrogens (primary N) is 1. The maximum Gasteiger partial charge on any atom is 0.0789 e. The first-order chi connectivity index (χ1) is 7.19. The smallest absolute Gasteiger partial charge is 0.0789 e. The van der Waals surface area contributed by atoms with Crippen LogP contribution in [0.3, 0.4) is 0 Å². The van der Waals surface area contributed by atoms with Crippen LogP contribution in [0.1, 0.15) is 11.3 Å². The van der Waals surface area contributed by atoms with Gasteiger partial charge in [0.2, 0.25) is 0 Å². The van der Waals surface area contributed by atoms with Gasteiger partial charge in [-0.05, 0) is 0 Å². The monoisotopic (exact) mass is 210 g/mol. The molecule has 0 spiro atoms. The van der Waals surface area contributed by atoms with E-state index in [2.05, 4.69) is 16.2 Å². The van der Waals surface area contributed by atoms with Crippen molar-refractivity contribution in [1.29, 1.82) is 0 Å². The lowest BCUT2D eigenvalue weighted by molar-refractivity contribution is 0.111. The molecule has 5 heteroatoms. The molecule has 1 aromatic heterocycles. The van der Waals surface area contributed by atoms with E-state index >= 15 is 0 Å². The lowest BCUT2D eigenvalue weighted by Gasteiger charge is -2.27. The van der Waals surface area contributed by atoms with Crippen molar-refractivity contribution in [3.8, 4) is 0 Å². The molecule has 0 fully saturated rings. The Morgan fingerprint density at radius 2 is 2.47 bits per heavy atom. The highest BCUT2D eigenvalue weighted by Crippen LogP contribution is 2.16. The van der Waals surface area contributed by atoms with Crippen LogP contribution in [0.25, 0.3) is 0 Å². The Labute approximate surface area is 89.5 Å². The Balaban J connectivity index is 1.99. The van der Waals surface area contributed by atoms with Crippen molar-refractivity contribution in [2.24, 2.45) is 12.8 Å². The fourth-order valence-electron chi connectivity index (χ4n) is 2.04. The molecular formula is C10H18N4O. The van der Waals surface area contributed by atoms with Gasteiger partial charge in [0, 0.05) is 51.4 Å². The number of aliphatic hydroxyl groups is 1. The van der Waals surface area contributed by atoms with Gasteiger partial charge >= 0.3 is 0 Å². The van der Waals surface area contributed by atoms with Gasteiger partial charge in [-0.15, -0.1) is 0 Å². The molecule has 0 aromatic carbocycles. The van der Waals surface area contributed by atoms with Crippen LogP contribution in [-0.2, 0) is 20.0 Å². The molecule has 0 amide bonds. The van der Waals surface area contributed by atoms with Gasteiger partial charge < -0.3 is 10.8 Å². The molecule has 15 heavy (non-hydrogen) atoms. The molecule has 84 valence electrons. The number of β-amino-alcohol motifs (C(OH)–C–C–N with tert-alkyl or cyclic N) is 1. The summed E-state index contributed by atoms with van der Waals surface area (Å²) in [6, 6.07) is 0. The number of hydrogen-bond donors (Lipinski definition) is 2. The van der Waals surface area contributed by atoms with Crippen LogP contribution in [0.2, 0.25) is 0 Å². The number of nitrogens with zero attached hydrogens (tertiary/aromatic N) is 3. The summed E-state index contributed by atoms with van der Waals surface area (Å²) >= 11 is 0. The molecule has 0 unspecified atom stereocenters. The molecule has 0 radical (unpaired) electrons. The zero-order valence-electron chi connectivity index (χ0n) is 9.06. The van der Waals surface area contributed by atoms with Crippen molar-refractivity contribution in [2.45, 2.75) is 19.1 Å². The Morgan fingerprint density at radius 3 is 3.20 bits per heavy atom. The van der Waals surface area contributed by atoms with Crippen molar-refractivity contribution in [3.63, 3.8) is 0 Å². The standard InChI is InChI=1S/C10H18N4O/c1-13-5-8-6-14(7-9(15)4-11)3-2-10(8)12-13/h5,9,15H,2-4,6-7,11H2,1H3/t9-/m0/s1. The fourth-order valence-corrected chi connectivity index (χ4v) is 2.04. The first-order valence-electron chi connectivity index (χ1n) is 5.31. The van der Waals surface area contributed by atoms with Gasteiger partial charge in [-0.2, -0.15) is 5.10 Å². The van der Waals surface area contributed by atoms with E-state index in [1.54, 1.807) is 0 Å². The third-order valence-corrected chi connectivity index (χ3v) is 2.79. The van der Waals surface area contributed by atoms with E-state index in [9.17, 15) is 5.11 Å². The fraction of sp³-hybridized carbons (Fsp3) is 0.700. The number of rotatable bonds is 3. The zero-order valence-corrected chi connectivity index (χ0v) is 9.06. The number of aromatic nitrogens is 2. The zero-order chi connectivity index (χ0) is 10.8. The number of aryl methyl sites for hydroxylation is 1. The normalized spacial score (nSPS) is 18.9. The molecule has 1 atom stereocenters. The quantitative estimate of drug-likeness (QED) is 0.678. The molecule has 1 aromatic rings. The van der Waals surface area contributed by atoms with Gasteiger partial charge in [-0.3, -0.25) is 9.58 Å². The van der Waals surface area contributed by atoms with Gasteiger partial charge in [-0.25, -0.2) is 0 Å². The number of hydrogen-bond acceptors (Lipinski definition) is 4. The molecule has 3 N–H and O–H groups in total. The molecular weight excluding hydrogens is 192 g/mol. The maximum atomic E-state index is 9.48. The van der Waals surface area contributed by atoms with Crippen LogP contribution >= 0.6 is 0 Å². The van der Waals surface area contributed by atoms with E-state index in [0.29, 0.717) is 13.1 Å². The van der Waals surface area contributed by atoms with Crippen LogP contribution in [0.4, 0.5) is 0 Å². The van der Waals surface area contributed by atoms with Crippen LogP contribution in [0.15, 0.2) is 6.20 Å². The van der Waals surface area contributed by atoms with Crippen molar-refractivity contribution in [3.05, 3.63) is 17.5 Å². The Bertz CT molecular complexity index is 336. The van der Waals surface area contributed by atoms with E-state index in [-0.39, 0.29) is 0 Å². The minimum absolute atomic E-state index is 0.330. The average Bonchev–Trinajstić information content (AvgIpc) is 2.57. The molecule has 0 saturated carbocycles. The molecule has 0 bridgehead atoms. The van der Waals surface area contributed by atoms with Crippen LogP contribution in [0.5, 0.6) is 0 Å². The summed E-state index contributed by atoms with van der Waals surface area (Å²) in [5.41, 5.74) is 7.86. The van der Waals surface area contributed by atoms with Gasteiger partial charge in [0.25, 0.3) is 0 Å². The number of aliphatic hydroxyl groups excluding tert-OH is 1. The van der Waals surface area contributed by atoms with E-state index in [0.717, 1.165) is 19.5 Å². The van der Waals surface area contributed by atoms with Gasteiger partial charge in [-0.1, -0.05) is 0 Å². The Kier molecular flexibility index (Phi) is 3.04. The molecule has 5 nitrogen and oxygen atoms in total. The van der Waals surface area contributed by atoms with E-state index in [1.807, 2.05) is 11.7 Å². The van der Waals surface area contributed by atoms with Crippen LogP contribution in [-0.4, -0.2) is 45.5 Å². The number of fused-ring (bicyclic) bond motifs is 1. The minimum Gasteiger partial charge on any atom is -0.390 e. The second-order valence-electron chi connectivity index (χ2n) is 4.15. The largest absolute Gasteiger partial charge is 0.390 e. The van der Waals surface area contributed by atoms with Crippen molar-refractivity contribution in [1.82, 2.24) is 14.7 Å². The minimum atomic E-state index is -0.414. The van der Waals surface area contributed by atoms with E-state index < -0.39 is 6.10 Å². The Hall–Kier alpha value is -0.910. The summed E-state index contributed by atoms with van der Waals surface area (Å²) in [6.45, 7) is 2.82. The highest BCUT2D eigenvalue weighted by molar-refractivity contribution is 5.19. The van der Waals surface area contributed by atoms with Gasteiger partial charge in [0.05, 0.1) is 11.8 Å². The average molecular weight is 210 g/mol. The topological polar surface area (TPSA) is 67.3 Å². The molecule has 2 rings (SSSR count). The van der Waals surface area contributed by atoms with Crippen molar-refractivity contribution in [2.75, 3.05) is 19.6 Å². The lowest BCUT2D eigenvalue weighted by Crippen LogP contribution is -2.39. The highest BCUT2D eigenvalue weighted by atomic mass is 16.3. The maximum absolute atomic E-state index is 9.48. The van der Waals surface area contributed by atoms with E-state index in [4.69, 9.17) is 5.73 Å². The highest BCUT2D eigenvalue weighted by Gasteiger charge is 2.20. The third-order valence-electron chi connectivity index (χ3n) is 2.79. The second kappa shape index (κ2) is 4.30. The summed E-state index contributed by atoms with van der Waals surface area (Å²) in [6.07, 6.45) is 2.60. The van der Waals surface area contributed by atoms with Crippen molar-refractivity contribution < 1.29 is 5.11 Å². The summed E-state index contributed by atoms with van der Waals surface area (Å²) in [4.78, 5) is 2.22. The second-order valence-corrected chi connectivity index (χ2v) is 4.15. The van der Waals surface area contributed by atoms with Gasteiger partial charge in [0.1, 0.15) is 0 Å². The molecule has 1 aliphatic heterocycles. The third kappa shape index (κ3) is 2.37. The Morgan fingerprint density at radius 1 is 1.67 bits per heavy atom. The predicted molar refractivity (Wildman–Crippen MR) is 57.3 cm³/mol. The summed E-state index contributed by atoms with van der Waals surface area (Å²) < 4.78 is 1.85. The molecule has 1 aliphatic rings. The summed E-state index contributed by atoms with van der Waals surface area (Å²) in [7, 11) is 1.94. The van der Waals surface area contributed by atoms with Crippen LogP contribution in [0, 0.1) is 0 Å². The first kappa shape index (κ1) is 10.6. The van der Waals surface area contributed by atoms with E-state index in [1.165, 1.54) is 11.3 Å². The summed E-state index contributed by atoms with van der Waals surface area (Å²) in [5.74, 6) is 0. The predicted octanol–water partition coefficient (Wildman–Crippen LogP) is -0.902. The molecule has 2 heterocycles. The van der Waals surface area contributed by atoms with Crippen LogP contribution < -0.4 is 5.73 Å². The SMILES string of the molecule is Cn1cc2c(n1)CCN(C[C@@H](O)CN)C2. The summed E-state index contributed by atoms with van der Waals surface area (Å²) in [5, 5.41) is 13.9. The van der Waals surface area contributed by atoms with Gasteiger partial charge in [0.15, 0.2) is 0 Å². The first-order valence-corrected chi connectivity index (χ1v) is 5.31.